The maximum Gasteiger partial charge on any atom is 0.305 e. The van der Waals surface area contributed by atoms with Crippen molar-refractivity contribution in [1.29, 1.82) is 0 Å². The van der Waals surface area contributed by atoms with Crippen LogP contribution in [-0.4, -0.2) is 30.1 Å². The Morgan fingerprint density at radius 2 is 1.95 bits per heavy atom. The van der Waals surface area contributed by atoms with E-state index in [9.17, 15) is 14.4 Å². The van der Waals surface area contributed by atoms with Crippen LogP contribution in [-0.2, 0) is 20.9 Å². The molecule has 0 atom stereocenters. The highest BCUT2D eigenvalue weighted by atomic mass is 79.9. The summed E-state index contributed by atoms with van der Waals surface area (Å²) in [5, 5.41) is 2.78. The van der Waals surface area contributed by atoms with E-state index in [-0.39, 0.29) is 24.0 Å². The molecule has 6 nitrogen and oxygen atoms in total. The largest absolute Gasteiger partial charge is 0.469 e. The van der Waals surface area contributed by atoms with Crippen molar-refractivity contribution < 1.29 is 14.3 Å². The summed E-state index contributed by atoms with van der Waals surface area (Å²) in [6.45, 7) is 0.584. The van der Waals surface area contributed by atoms with Gasteiger partial charge in [-0.05, 0) is 34.8 Å². The molecule has 0 saturated carbocycles. The van der Waals surface area contributed by atoms with Crippen molar-refractivity contribution in [2.24, 2.45) is 0 Å². The number of esters is 1. The van der Waals surface area contributed by atoms with Crippen LogP contribution in [0.2, 0.25) is 0 Å². The number of nitrogens with zero attached hydrogens (tertiary/aromatic N) is 1. The molecule has 0 aromatic carbocycles. The van der Waals surface area contributed by atoms with Crippen LogP contribution in [0.1, 0.15) is 32.1 Å². The summed E-state index contributed by atoms with van der Waals surface area (Å²) in [6.07, 6.45) is 5.54. The average Bonchev–Trinajstić information content (AvgIpc) is 2.49. The fourth-order valence-electron chi connectivity index (χ4n) is 1.91. The fraction of sp³-hybridized carbons (Fsp3) is 0.533. The third kappa shape index (κ3) is 7.40. The number of aromatic nitrogens is 1. The van der Waals surface area contributed by atoms with Crippen molar-refractivity contribution in [2.75, 3.05) is 13.7 Å². The van der Waals surface area contributed by atoms with E-state index in [2.05, 4.69) is 26.0 Å². The van der Waals surface area contributed by atoms with E-state index in [1.807, 2.05) is 0 Å². The summed E-state index contributed by atoms with van der Waals surface area (Å²) in [5.41, 5.74) is -0.207. The minimum absolute atomic E-state index is 0.0145. The Morgan fingerprint density at radius 3 is 2.68 bits per heavy atom. The summed E-state index contributed by atoms with van der Waals surface area (Å²) in [7, 11) is 1.38. The molecule has 1 aromatic rings. The van der Waals surface area contributed by atoms with Gasteiger partial charge in [-0.1, -0.05) is 12.8 Å². The summed E-state index contributed by atoms with van der Waals surface area (Å²) in [6, 6.07) is 3.06. The molecule has 1 heterocycles. The molecule has 0 bridgehead atoms. The Labute approximate surface area is 138 Å². The second-order valence-electron chi connectivity index (χ2n) is 4.90. The molecule has 7 heteroatoms. The average molecular weight is 373 g/mol. The highest BCUT2D eigenvalue weighted by molar-refractivity contribution is 9.10. The van der Waals surface area contributed by atoms with Crippen LogP contribution in [0.5, 0.6) is 0 Å². The zero-order valence-electron chi connectivity index (χ0n) is 12.6. The Hall–Kier alpha value is -1.63. The summed E-state index contributed by atoms with van der Waals surface area (Å²) < 4.78 is 6.67. The van der Waals surface area contributed by atoms with Gasteiger partial charge in [-0.25, -0.2) is 0 Å². The van der Waals surface area contributed by atoms with Crippen molar-refractivity contribution in [3.05, 3.63) is 33.2 Å². The molecule has 0 spiro atoms. The third-order valence-corrected chi connectivity index (χ3v) is 3.59. The number of nitrogens with one attached hydrogen (secondary N) is 1. The highest BCUT2D eigenvalue weighted by Gasteiger charge is 2.04. The summed E-state index contributed by atoms with van der Waals surface area (Å²) in [5.74, 6) is -0.373. The fourth-order valence-corrected chi connectivity index (χ4v) is 2.29. The maximum atomic E-state index is 11.7. The van der Waals surface area contributed by atoms with Crippen LogP contribution in [0.3, 0.4) is 0 Å². The van der Waals surface area contributed by atoms with Crippen LogP contribution in [0, 0.1) is 0 Å². The number of hydrogen-bond acceptors (Lipinski definition) is 4. The van der Waals surface area contributed by atoms with E-state index in [1.165, 1.54) is 17.7 Å². The highest BCUT2D eigenvalue weighted by Crippen LogP contribution is 2.05. The second kappa shape index (κ2) is 10.2. The lowest BCUT2D eigenvalue weighted by atomic mass is 10.1. The standard InChI is InChI=1S/C15H21BrN2O4/c1-22-15(21)6-4-2-3-5-9-17-13(19)11-18-10-12(16)7-8-14(18)20/h7-8,10H,2-6,9,11H2,1H3,(H,17,19). The van der Waals surface area contributed by atoms with Gasteiger partial charge >= 0.3 is 5.97 Å². The van der Waals surface area contributed by atoms with Crippen LogP contribution in [0.25, 0.3) is 0 Å². The van der Waals surface area contributed by atoms with Crippen LogP contribution in [0.15, 0.2) is 27.6 Å². The Kier molecular flexibility index (Phi) is 8.50. The molecule has 1 N–H and O–H groups in total. The quantitative estimate of drug-likeness (QED) is 0.530. The van der Waals surface area contributed by atoms with Gasteiger partial charge in [-0.15, -0.1) is 0 Å². The first kappa shape index (κ1) is 18.4. The minimum atomic E-state index is -0.207. The predicted molar refractivity (Wildman–Crippen MR) is 86.5 cm³/mol. The van der Waals surface area contributed by atoms with Crippen LogP contribution >= 0.6 is 15.9 Å². The molecular formula is C15H21BrN2O4. The number of methoxy groups -OCH3 is 1. The Morgan fingerprint density at radius 1 is 1.23 bits per heavy atom. The van der Waals surface area contributed by atoms with E-state index < -0.39 is 0 Å². The van der Waals surface area contributed by atoms with Gasteiger partial charge in [0.2, 0.25) is 5.91 Å². The zero-order valence-corrected chi connectivity index (χ0v) is 14.2. The molecule has 0 aliphatic heterocycles. The number of carbonyl (C=O) groups excluding carboxylic acids is 2. The number of rotatable bonds is 9. The van der Waals surface area contributed by atoms with E-state index in [4.69, 9.17) is 0 Å². The van der Waals surface area contributed by atoms with Crippen molar-refractivity contribution in [1.82, 2.24) is 9.88 Å². The normalized spacial score (nSPS) is 10.3. The first-order valence-electron chi connectivity index (χ1n) is 7.22. The summed E-state index contributed by atoms with van der Waals surface area (Å²) in [4.78, 5) is 34.2. The van der Waals surface area contributed by atoms with Gasteiger partial charge < -0.3 is 14.6 Å². The molecule has 22 heavy (non-hydrogen) atoms. The molecule has 0 aliphatic carbocycles. The first-order valence-corrected chi connectivity index (χ1v) is 8.01. The topological polar surface area (TPSA) is 77.4 Å². The second-order valence-corrected chi connectivity index (χ2v) is 5.82. The Bertz CT molecular complexity index is 557. The number of halogens is 1. The zero-order chi connectivity index (χ0) is 16.4. The molecular weight excluding hydrogens is 352 g/mol. The number of carbonyl (C=O) groups is 2. The molecule has 0 radical (unpaired) electrons. The van der Waals surface area contributed by atoms with Crippen LogP contribution in [0.4, 0.5) is 0 Å². The number of ether oxygens (including phenoxy) is 1. The molecule has 1 rings (SSSR count). The molecule has 1 aromatic heterocycles. The van der Waals surface area contributed by atoms with E-state index in [0.717, 1.165) is 30.2 Å². The minimum Gasteiger partial charge on any atom is -0.469 e. The Balaban J connectivity index is 2.15. The molecule has 0 aliphatic rings. The number of hydrogen-bond donors (Lipinski definition) is 1. The van der Waals surface area contributed by atoms with Gasteiger partial charge in [0.05, 0.1) is 7.11 Å². The third-order valence-electron chi connectivity index (χ3n) is 3.12. The lowest BCUT2D eigenvalue weighted by Crippen LogP contribution is -2.32. The lowest BCUT2D eigenvalue weighted by molar-refractivity contribution is -0.140. The van der Waals surface area contributed by atoms with Gasteiger partial charge in [0.1, 0.15) is 6.54 Å². The van der Waals surface area contributed by atoms with Crippen molar-refractivity contribution in [3.8, 4) is 0 Å². The molecule has 0 saturated heterocycles. The van der Waals surface area contributed by atoms with Crippen LogP contribution < -0.4 is 10.9 Å². The number of unbranched alkanes of at least 4 members (excludes halogenated alkanes) is 3. The van der Waals surface area contributed by atoms with Gasteiger partial charge in [-0.2, -0.15) is 0 Å². The van der Waals surface area contributed by atoms with E-state index in [1.54, 1.807) is 12.3 Å². The molecule has 0 unspecified atom stereocenters. The van der Waals surface area contributed by atoms with Gasteiger partial charge in [0.25, 0.3) is 5.56 Å². The smallest absolute Gasteiger partial charge is 0.305 e. The van der Waals surface area contributed by atoms with Crippen molar-refractivity contribution in [3.63, 3.8) is 0 Å². The summed E-state index contributed by atoms with van der Waals surface area (Å²) >= 11 is 3.27. The van der Waals surface area contributed by atoms with Gasteiger partial charge in [0, 0.05) is 29.7 Å². The molecule has 122 valence electrons. The van der Waals surface area contributed by atoms with E-state index in [0.29, 0.717) is 13.0 Å². The first-order chi connectivity index (χ1) is 10.5. The lowest BCUT2D eigenvalue weighted by Gasteiger charge is -2.07. The van der Waals surface area contributed by atoms with Crippen molar-refractivity contribution >= 4 is 27.8 Å². The number of amides is 1. The number of pyridine rings is 1. The van der Waals surface area contributed by atoms with Gasteiger partial charge in [0.15, 0.2) is 0 Å². The van der Waals surface area contributed by atoms with E-state index >= 15 is 0 Å². The van der Waals surface area contributed by atoms with Gasteiger partial charge in [-0.3, -0.25) is 14.4 Å². The van der Waals surface area contributed by atoms with Crippen molar-refractivity contribution in [2.45, 2.75) is 38.6 Å². The SMILES string of the molecule is COC(=O)CCCCCCNC(=O)Cn1cc(Br)ccc1=O. The maximum absolute atomic E-state index is 11.7. The molecule has 0 fully saturated rings. The predicted octanol–water partition coefficient (Wildman–Crippen LogP) is 1.85. The monoisotopic (exact) mass is 372 g/mol. The molecule has 1 amide bonds.